The van der Waals surface area contributed by atoms with E-state index in [1.54, 1.807) is 12.1 Å². The first-order valence-electron chi connectivity index (χ1n) is 6.67. The second kappa shape index (κ2) is 5.92. The van der Waals surface area contributed by atoms with Gasteiger partial charge in [-0.2, -0.15) is 0 Å². The largest absolute Gasteiger partial charge is 0.296 e. The van der Waals surface area contributed by atoms with Crippen molar-refractivity contribution in [2.24, 2.45) is 11.8 Å². The first-order valence-corrected chi connectivity index (χ1v) is 7.05. The number of carbonyl (C=O) groups is 2. The Balaban J connectivity index is 2.37. The Labute approximate surface area is 122 Å². The molecule has 0 radical (unpaired) electrons. The summed E-state index contributed by atoms with van der Waals surface area (Å²) >= 11 is 5.75. The molecule has 2 rings (SSSR count). The summed E-state index contributed by atoms with van der Waals surface area (Å²) in [5.74, 6) is -1.64. The maximum Gasteiger partial charge on any atom is 0.230 e. The van der Waals surface area contributed by atoms with Gasteiger partial charge in [0, 0.05) is 23.3 Å². The Morgan fingerprint density at radius 1 is 1.40 bits per heavy atom. The van der Waals surface area contributed by atoms with Gasteiger partial charge >= 0.3 is 0 Å². The van der Waals surface area contributed by atoms with Crippen LogP contribution in [-0.2, 0) is 9.59 Å². The molecule has 0 spiro atoms. The molecule has 2 amide bonds. The van der Waals surface area contributed by atoms with Crippen molar-refractivity contribution in [2.75, 3.05) is 0 Å². The lowest BCUT2D eigenvalue weighted by Crippen LogP contribution is -2.45. The number of hydrogen-bond acceptors (Lipinski definition) is 2. The number of imide groups is 1. The van der Waals surface area contributed by atoms with Gasteiger partial charge in [-0.05, 0) is 30.0 Å². The number of halogens is 2. The first kappa shape index (κ1) is 15.0. The van der Waals surface area contributed by atoms with E-state index in [4.69, 9.17) is 11.6 Å². The molecule has 1 N–H and O–H groups in total. The Bertz CT molecular complexity index is 545. The third-order valence-electron chi connectivity index (χ3n) is 3.58. The lowest BCUT2D eigenvalue weighted by atomic mass is 9.76. The van der Waals surface area contributed by atoms with Gasteiger partial charge in [-0.1, -0.05) is 31.5 Å². The fraction of sp³-hybridized carbons (Fsp3) is 0.467. The maximum absolute atomic E-state index is 14.1. The van der Waals surface area contributed by atoms with E-state index in [9.17, 15) is 14.0 Å². The van der Waals surface area contributed by atoms with Crippen molar-refractivity contribution in [3.8, 4) is 0 Å². The minimum absolute atomic E-state index is 0.127. The lowest BCUT2D eigenvalue weighted by molar-refractivity contribution is -0.137. The molecule has 3 nitrogen and oxygen atoms in total. The maximum atomic E-state index is 14.1. The Kier molecular flexibility index (Phi) is 4.43. The fourth-order valence-corrected chi connectivity index (χ4v) is 2.87. The third kappa shape index (κ3) is 3.18. The molecular formula is C15H17ClFNO2. The van der Waals surface area contributed by atoms with Gasteiger partial charge in [0.05, 0.1) is 0 Å². The standard InChI is InChI=1S/C15H17ClFNO2/c1-8(2)5-12-11(7-14(19)18-15(12)20)10-4-3-9(16)6-13(10)17/h3-4,6,8,11-12H,5,7H2,1-2H3,(H,18,19,20). The molecule has 1 aliphatic heterocycles. The highest BCUT2D eigenvalue weighted by Gasteiger charge is 2.38. The summed E-state index contributed by atoms with van der Waals surface area (Å²) in [7, 11) is 0. The molecule has 1 aliphatic rings. The van der Waals surface area contributed by atoms with Crippen molar-refractivity contribution in [3.63, 3.8) is 0 Å². The summed E-state index contributed by atoms with van der Waals surface area (Å²) in [6, 6.07) is 4.38. The van der Waals surface area contributed by atoms with Crippen LogP contribution in [0.1, 0.15) is 38.2 Å². The van der Waals surface area contributed by atoms with Crippen LogP contribution in [0, 0.1) is 17.7 Å². The number of hydrogen-bond donors (Lipinski definition) is 1. The average molecular weight is 298 g/mol. The number of rotatable bonds is 3. The fourth-order valence-electron chi connectivity index (χ4n) is 2.71. The minimum atomic E-state index is -0.459. The van der Waals surface area contributed by atoms with E-state index >= 15 is 0 Å². The Morgan fingerprint density at radius 3 is 2.70 bits per heavy atom. The van der Waals surface area contributed by atoms with Crippen LogP contribution in [0.3, 0.4) is 0 Å². The monoisotopic (exact) mass is 297 g/mol. The van der Waals surface area contributed by atoms with E-state index < -0.39 is 11.7 Å². The molecule has 20 heavy (non-hydrogen) atoms. The van der Waals surface area contributed by atoms with Crippen molar-refractivity contribution < 1.29 is 14.0 Å². The molecule has 0 aromatic heterocycles. The van der Waals surface area contributed by atoms with E-state index in [1.807, 2.05) is 13.8 Å². The normalized spacial score (nSPS) is 23.1. The zero-order valence-corrected chi connectivity index (χ0v) is 12.2. The third-order valence-corrected chi connectivity index (χ3v) is 3.81. The molecular weight excluding hydrogens is 281 g/mol. The van der Waals surface area contributed by atoms with E-state index in [2.05, 4.69) is 5.32 Å². The summed E-state index contributed by atoms with van der Waals surface area (Å²) in [4.78, 5) is 23.6. The molecule has 1 saturated heterocycles. The second-order valence-corrected chi connectivity index (χ2v) is 6.06. The van der Waals surface area contributed by atoms with Gasteiger partial charge in [0.1, 0.15) is 5.82 Å². The summed E-state index contributed by atoms with van der Waals surface area (Å²) in [5, 5.41) is 2.64. The average Bonchev–Trinajstić information content (AvgIpc) is 2.32. The minimum Gasteiger partial charge on any atom is -0.296 e. The molecule has 1 aromatic carbocycles. The van der Waals surface area contributed by atoms with Gasteiger partial charge in [0.2, 0.25) is 11.8 Å². The van der Waals surface area contributed by atoms with E-state index in [1.165, 1.54) is 6.07 Å². The molecule has 0 aliphatic carbocycles. The van der Waals surface area contributed by atoms with Crippen LogP contribution >= 0.6 is 11.6 Å². The van der Waals surface area contributed by atoms with Crippen LogP contribution in [0.2, 0.25) is 5.02 Å². The molecule has 2 atom stereocenters. The van der Waals surface area contributed by atoms with Crippen molar-refractivity contribution in [1.29, 1.82) is 0 Å². The predicted molar refractivity (Wildman–Crippen MR) is 74.9 cm³/mol. The van der Waals surface area contributed by atoms with Crippen molar-refractivity contribution in [3.05, 3.63) is 34.6 Å². The quantitative estimate of drug-likeness (QED) is 0.870. The zero-order valence-electron chi connectivity index (χ0n) is 11.5. The number of benzene rings is 1. The van der Waals surface area contributed by atoms with Crippen molar-refractivity contribution in [1.82, 2.24) is 5.32 Å². The summed E-state index contributed by atoms with van der Waals surface area (Å²) in [6.45, 7) is 4.00. The van der Waals surface area contributed by atoms with Crippen molar-refractivity contribution >= 4 is 23.4 Å². The molecule has 2 unspecified atom stereocenters. The molecule has 0 saturated carbocycles. The molecule has 108 valence electrons. The highest BCUT2D eigenvalue weighted by molar-refractivity contribution is 6.30. The first-order chi connectivity index (χ1) is 9.38. The van der Waals surface area contributed by atoms with Crippen LogP contribution in [0.4, 0.5) is 4.39 Å². The molecule has 1 fully saturated rings. The number of nitrogens with one attached hydrogen (secondary N) is 1. The van der Waals surface area contributed by atoms with E-state index in [0.717, 1.165) is 0 Å². The topological polar surface area (TPSA) is 46.2 Å². The number of piperidine rings is 1. The van der Waals surface area contributed by atoms with Crippen molar-refractivity contribution in [2.45, 2.75) is 32.6 Å². The molecule has 5 heteroatoms. The van der Waals surface area contributed by atoms with Gasteiger partial charge < -0.3 is 0 Å². The molecule has 0 bridgehead atoms. The Hall–Kier alpha value is -1.42. The van der Waals surface area contributed by atoms with Gasteiger partial charge in [0.25, 0.3) is 0 Å². The van der Waals surface area contributed by atoms with Crippen LogP contribution < -0.4 is 5.32 Å². The predicted octanol–water partition coefficient (Wildman–Crippen LogP) is 3.27. The SMILES string of the molecule is CC(C)CC1C(=O)NC(=O)CC1c1ccc(Cl)cc1F. The smallest absolute Gasteiger partial charge is 0.230 e. The number of carbonyl (C=O) groups excluding carboxylic acids is 2. The van der Waals surface area contributed by atoms with Crippen LogP contribution in [0.15, 0.2) is 18.2 Å². The summed E-state index contributed by atoms with van der Waals surface area (Å²) in [6.07, 6.45) is 0.744. The van der Waals surface area contributed by atoms with Gasteiger partial charge in [-0.15, -0.1) is 0 Å². The summed E-state index contributed by atoms with van der Waals surface area (Å²) in [5.41, 5.74) is 0.392. The van der Waals surface area contributed by atoms with Gasteiger partial charge in [-0.25, -0.2) is 4.39 Å². The lowest BCUT2D eigenvalue weighted by Gasteiger charge is -2.31. The summed E-state index contributed by atoms with van der Waals surface area (Å²) < 4.78 is 14.1. The Morgan fingerprint density at radius 2 is 2.10 bits per heavy atom. The highest BCUT2D eigenvalue weighted by atomic mass is 35.5. The van der Waals surface area contributed by atoms with E-state index in [-0.39, 0.29) is 30.1 Å². The highest BCUT2D eigenvalue weighted by Crippen LogP contribution is 2.37. The number of amides is 2. The van der Waals surface area contributed by atoms with Crippen LogP contribution in [-0.4, -0.2) is 11.8 Å². The van der Waals surface area contributed by atoms with E-state index in [0.29, 0.717) is 17.0 Å². The van der Waals surface area contributed by atoms with Crippen LogP contribution in [0.5, 0.6) is 0 Å². The van der Waals surface area contributed by atoms with Gasteiger partial charge in [0.15, 0.2) is 0 Å². The zero-order chi connectivity index (χ0) is 14.9. The van der Waals surface area contributed by atoms with Gasteiger partial charge in [-0.3, -0.25) is 14.9 Å². The second-order valence-electron chi connectivity index (χ2n) is 5.62. The van der Waals surface area contributed by atoms with Crippen LogP contribution in [0.25, 0.3) is 0 Å². The molecule has 1 aromatic rings. The molecule has 1 heterocycles.